The monoisotopic (exact) mass is 339 g/mol. The molecule has 1 aromatic rings. The topological polar surface area (TPSA) is 49.8 Å². The van der Waals surface area contributed by atoms with Gasteiger partial charge in [0.15, 0.2) is 0 Å². The highest BCUT2D eigenvalue weighted by atomic mass is 35.5. The van der Waals surface area contributed by atoms with Gasteiger partial charge >= 0.3 is 6.09 Å². The molecule has 1 saturated heterocycles. The van der Waals surface area contributed by atoms with E-state index < -0.39 is 5.60 Å². The van der Waals surface area contributed by atoms with Crippen molar-refractivity contribution in [3.05, 3.63) is 34.9 Å². The zero-order chi connectivity index (χ0) is 17.0. The highest BCUT2D eigenvalue weighted by molar-refractivity contribution is 6.30. The summed E-state index contributed by atoms with van der Waals surface area (Å²) in [6, 6.07) is 7.66. The van der Waals surface area contributed by atoms with Crippen LogP contribution in [0.25, 0.3) is 0 Å². The lowest BCUT2D eigenvalue weighted by atomic mass is 9.80. The molecule has 1 aliphatic rings. The molecule has 0 aliphatic carbocycles. The lowest BCUT2D eigenvalue weighted by Crippen LogP contribution is -2.42. The number of likely N-dealkylation sites (tertiary alicyclic amines) is 1. The molecule has 1 fully saturated rings. The van der Waals surface area contributed by atoms with Gasteiger partial charge in [-0.15, -0.1) is 0 Å². The largest absolute Gasteiger partial charge is 0.444 e. The van der Waals surface area contributed by atoms with Crippen LogP contribution in [-0.4, -0.2) is 41.4 Å². The third-order valence-electron chi connectivity index (χ3n) is 4.26. The molecule has 0 saturated carbocycles. The summed E-state index contributed by atoms with van der Waals surface area (Å²) in [5, 5.41) is 10.5. The number of halogens is 1. The summed E-state index contributed by atoms with van der Waals surface area (Å²) in [4.78, 5) is 13.9. The van der Waals surface area contributed by atoms with Crippen LogP contribution in [0.1, 0.15) is 45.1 Å². The van der Waals surface area contributed by atoms with E-state index in [1.165, 1.54) is 0 Å². The van der Waals surface area contributed by atoms with Gasteiger partial charge in [-0.25, -0.2) is 4.79 Å². The molecule has 0 spiro atoms. The Morgan fingerprint density at radius 2 is 1.87 bits per heavy atom. The van der Waals surface area contributed by atoms with E-state index in [1.54, 1.807) is 4.90 Å². The van der Waals surface area contributed by atoms with Crippen molar-refractivity contribution in [1.29, 1.82) is 0 Å². The van der Waals surface area contributed by atoms with Crippen LogP contribution in [0.4, 0.5) is 4.79 Å². The smallest absolute Gasteiger partial charge is 0.410 e. The van der Waals surface area contributed by atoms with Gasteiger partial charge in [-0.1, -0.05) is 23.7 Å². The molecule has 1 atom stereocenters. The van der Waals surface area contributed by atoms with Gasteiger partial charge in [-0.3, -0.25) is 0 Å². The van der Waals surface area contributed by atoms with Gasteiger partial charge in [-0.05, 0) is 57.2 Å². The van der Waals surface area contributed by atoms with E-state index in [4.69, 9.17) is 16.3 Å². The minimum Gasteiger partial charge on any atom is -0.444 e. The fourth-order valence-electron chi connectivity index (χ4n) is 3.05. The molecule has 0 bridgehead atoms. The number of hydrogen-bond donors (Lipinski definition) is 1. The molecule has 0 radical (unpaired) electrons. The second-order valence-electron chi connectivity index (χ2n) is 7.15. The first-order valence-corrected chi connectivity index (χ1v) is 8.52. The summed E-state index contributed by atoms with van der Waals surface area (Å²) in [5.74, 6) is 0.452. The zero-order valence-electron chi connectivity index (χ0n) is 14.1. The summed E-state index contributed by atoms with van der Waals surface area (Å²) in [5.41, 5.74) is 0.637. The van der Waals surface area contributed by atoms with Gasteiger partial charge < -0.3 is 14.7 Å². The fraction of sp³-hybridized carbons (Fsp3) is 0.611. The molecule has 128 valence electrons. The summed E-state index contributed by atoms with van der Waals surface area (Å²) < 4.78 is 5.42. The molecule has 0 aromatic heterocycles. The van der Waals surface area contributed by atoms with Crippen LogP contribution in [0, 0.1) is 5.92 Å². The molecular formula is C18H26ClNO3. The maximum atomic E-state index is 12.1. The Labute approximate surface area is 143 Å². The van der Waals surface area contributed by atoms with Crippen LogP contribution in [0.2, 0.25) is 5.02 Å². The first-order chi connectivity index (χ1) is 10.8. The number of ether oxygens (including phenoxy) is 1. The van der Waals surface area contributed by atoms with Crippen LogP contribution >= 0.6 is 11.6 Å². The van der Waals surface area contributed by atoms with E-state index in [-0.39, 0.29) is 18.6 Å². The summed E-state index contributed by atoms with van der Waals surface area (Å²) >= 11 is 5.93. The Kier molecular flexibility index (Phi) is 5.93. The van der Waals surface area contributed by atoms with Crippen LogP contribution in [0.5, 0.6) is 0 Å². The maximum Gasteiger partial charge on any atom is 0.410 e. The average Bonchev–Trinajstić information content (AvgIpc) is 2.49. The van der Waals surface area contributed by atoms with Gasteiger partial charge in [0.05, 0.1) is 6.61 Å². The first kappa shape index (κ1) is 18.1. The number of piperidine rings is 1. The lowest BCUT2D eigenvalue weighted by molar-refractivity contribution is 0.0165. The molecule has 1 aromatic carbocycles. The van der Waals surface area contributed by atoms with Gasteiger partial charge in [0.1, 0.15) is 5.60 Å². The average molecular weight is 340 g/mol. The van der Waals surface area contributed by atoms with E-state index in [0.717, 1.165) is 18.4 Å². The molecule has 1 unspecified atom stereocenters. The number of aliphatic hydroxyl groups excluding tert-OH is 1. The minimum absolute atomic E-state index is 0.0908. The molecule has 4 nitrogen and oxygen atoms in total. The number of aliphatic hydroxyl groups is 1. The van der Waals surface area contributed by atoms with Crippen molar-refractivity contribution in [1.82, 2.24) is 4.90 Å². The summed E-state index contributed by atoms with van der Waals surface area (Å²) in [6.07, 6.45) is 1.49. The normalized spacial score (nSPS) is 17.9. The molecule has 1 amide bonds. The van der Waals surface area contributed by atoms with E-state index >= 15 is 0 Å². The van der Waals surface area contributed by atoms with Crippen molar-refractivity contribution < 1.29 is 14.6 Å². The number of carbonyl (C=O) groups excluding carboxylic acids is 1. The molecule has 23 heavy (non-hydrogen) atoms. The highest BCUT2D eigenvalue weighted by Gasteiger charge is 2.31. The predicted octanol–water partition coefficient (Wildman–Crippen LogP) is 4.06. The Balaban J connectivity index is 1.94. The molecular weight excluding hydrogens is 314 g/mol. The van der Waals surface area contributed by atoms with Crippen molar-refractivity contribution in [3.8, 4) is 0 Å². The molecule has 1 heterocycles. The van der Waals surface area contributed by atoms with Crippen LogP contribution in [0.15, 0.2) is 24.3 Å². The summed E-state index contributed by atoms with van der Waals surface area (Å²) in [7, 11) is 0. The number of rotatable bonds is 3. The third-order valence-corrected chi connectivity index (χ3v) is 4.51. The van der Waals surface area contributed by atoms with E-state index in [0.29, 0.717) is 24.0 Å². The SMILES string of the molecule is CC(C)(C)OC(=O)N1CCC(C(CO)c2ccc(Cl)cc2)CC1. The van der Waals surface area contributed by atoms with Crippen molar-refractivity contribution >= 4 is 17.7 Å². The first-order valence-electron chi connectivity index (χ1n) is 8.14. The van der Waals surface area contributed by atoms with Gasteiger partial charge in [0, 0.05) is 24.0 Å². The number of benzene rings is 1. The van der Waals surface area contributed by atoms with E-state index in [2.05, 4.69) is 0 Å². The molecule has 1 aliphatic heterocycles. The van der Waals surface area contributed by atoms with Gasteiger partial charge in [-0.2, -0.15) is 0 Å². The Bertz CT molecular complexity index is 516. The van der Waals surface area contributed by atoms with Crippen LogP contribution in [0.3, 0.4) is 0 Å². The van der Waals surface area contributed by atoms with Crippen LogP contribution in [-0.2, 0) is 4.74 Å². The second kappa shape index (κ2) is 7.54. The zero-order valence-corrected chi connectivity index (χ0v) is 14.8. The lowest BCUT2D eigenvalue weighted by Gasteiger charge is -2.36. The second-order valence-corrected chi connectivity index (χ2v) is 7.58. The van der Waals surface area contributed by atoms with Crippen LogP contribution < -0.4 is 0 Å². The van der Waals surface area contributed by atoms with Crippen molar-refractivity contribution in [2.45, 2.75) is 45.1 Å². The van der Waals surface area contributed by atoms with Crippen molar-refractivity contribution in [2.75, 3.05) is 19.7 Å². The number of carbonyl (C=O) groups is 1. The Morgan fingerprint density at radius 3 is 2.35 bits per heavy atom. The maximum absolute atomic E-state index is 12.1. The molecule has 5 heteroatoms. The fourth-order valence-corrected chi connectivity index (χ4v) is 3.17. The predicted molar refractivity (Wildman–Crippen MR) is 91.8 cm³/mol. The van der Waals surface area contributed by atoms with E-state index in [9.17, 15) is 9.90 Å². The van der Waals surface area contributed by atoms with E-state index in [1.807, 2.05) is 45.0 Å². The Hall–Kier alpha value is -1.26. The Morgan fingerprint density at radius 1 is 1.30 bits per heavy atom. The molecule has 1 N–H and O–H groups in total. The molecule has 2 rings (SSSR count). The van der Waals surface area contributed by atoms with Crippen molar-refractivity contribution in [2.24, 2.45) is 5.92 Å². The number of hydrogen-bond acceptors (Lipinski definition) is 3. The summed E-state index contributed by atoms with van der Waals surface area (Å²) in [6.45, 7) is 7.08. The number of amides is 1. The standard InChI is InChI=1S/C18H26ClNO3/c1-18(2,3)23-17(22)20-10-8-14(9-11-20)16(12-21)13-4-6-15(19)7-5-13/h4-7,14,16,21H,8-12H2,1-3H3. The highest BCUT2D eigenvalue weighted by Crippen LogP contribution is 2.33. The quantitative estimate of drug-likeness (QED) is 0.903. The third kappa shape index (κ3) is 5.11. The van der Waals surface area contributed by atoms with Crippen molar-refractivity contribution in [3.63, 3.8) is 0 Å². The number of nitrogens with zero attached hydrogens (tertiary/aromatic N) is 1. The van der Waals surface area contributed by atoms with Gasteiger partial charge in [0.2, 0.25) is 0 Å². The minimum atomic E-state index is -0.467. The van der Waals surface area contributed by atoms with Gasteiger partial charge in [0.25, 0.3) is 0 Å².